The van der Waals surface area contributed by atoms with E-state index in [9.17, 15) is 0 Å². The van der Waals surface area contributed by atoms with Gasteiger partial charge in [0.2, 0.25) is 0 Å². The van der Waals surface area contributed by atoms with Gasteiger partial charge in [-0.1, -0.05) is 69.2 Å². The molecule has 0 N–H and O–H groups in total. The van der Waals surface area contributed by atoms with Crippen molar-refractivity contribution < 1.29 is 0 Å². The van der Waals surface area contributed by atoms with Crippen LogP contribution in [0.15, 0.2) is 60.7 Å². The third-order valence-electron chi connectivity index (χ3n) is 1.84. The van der Waals surface area contributed by atoms with Gasteiger partial charge >= 0.3 is 0 Å². The maximum absolute atomic E-state index is 2.17. The molecule has 0 heterocycles. The zero-order valence-corrected chi connectivity index (χ0v) is 10.4. The summed E-state index contributed by atoms with van der Waals surface area (Å²) in [6.45, 7) is 0. The molecule has 2 rings (SSSR count). The second kappa shape index (κ2) is 5.98. The molecule has 2 heteroatoms. The number of rotatable bonds is 2. The van der Waals surface area contributed by atoms with Crippen molar-refractivity contribution in [3.8, 4) is 0 Å². The fourth-order valence-corrected chi connectivity index (χ4v) is 2.26. The van der Waals surface area contributed by atoms with E-state index >= 15 is 0 Å². The molecular weight excluding hydrogens is 254 g/mol. The van der Waals surface area contributed by atoms with E-state index in [4.69, 9.17) is 0 Å². The molecule has 0 aliphatic heterocycles. The average molecular weight is 265 g/mol. The Morgan fingerprint density at radius 1 is 0.571 bits per heavy atom. The molecule has 0 aromatic heterocycles. The smallest absolute Gasteiger partial charge is 0 e. The first kappa shape index (κ1) is 11.5. The molecule has 0 saturated heterocycles. The van der Waals surface area contributed by atoms with E-state index in [2.05, 4.69) is 60.7 Å². The Morgan fingerprint density at radius 2 is 0.929 bits per heavy atom. The van der Waals surface area contributed by atoms with Gasteiger partial charge < -0.3 is 0 Å². The Labute approximate surface area is 97.0 Å². The summed E-state index contributed by atoms with van der Waals surface area (Å²) in [5.74, 6) is 0. The van der Waals surface area contributed by atoms with Crippen molar-refractivity contribution in [2.45, 2.75) is 0 Å². The molecule has 0 amide bonds. The van der Waals surface area contributed by atoms with Gasteiger partial charge in [0.1, 0.15) is 0 Å². The molecular formula is C12H11PSe. The summed E-state index contributed by atoms with van der Waals surface area (Å²) < 4.78 is 0. The van der Waals surface area contributed by atoms with E-state index in [0.29, 0.717) is 0 Å². The predicted octanol–water partition coefficient (Wildman–Crippen LogP) is 1.94. The van der Waals surface area contributed by atoms with Gasteiger partial charge in [-0.2, -0.15) is 0 Å². The molecule has 14 heavy (non-hydrogen) atoms. The molecule has 0 aliphatic carbocycles. The largest absolute Gasteiger partial charge is 0.0622 e. The topological polar surface area (TPSA) is 0 Å². The van der Waals surface area contributed by atoms with Crippen LogP contribution in [0.5, 0.6) is 0 Å². The predicted molar refractivity (Wildman–Crippen MR) is 66.2 cm³/mol. The summed E-state index contributed by atoms with van der Waals surface area (Å²) in [6.07, 6.45) is 0. The van der Waals surface area contributed by atoms with Gasteiger partial charge in [-0.25, -0.2) is 0 Å². The fraction of sp³-hybridized carbons (Fsp3) is 0. The molecule has 2 aromatic carbocycles. The quantitative estimate of drug-likeness (QED) is 0.575. The molecule has 0 aliphatic rings. The third kappa shape index (κ3) is 3.27. The van der Waals surface area contributed by atoms with Gasteiger partial charge in [0.25, 0.3) is 0 Å². The van der Waals surface area contributed by atoms with Crippen molar-refractivity contribution in [1.82, 2.24) is 0 Å². The molecule has 0 unspecified atom stereocenters. The van der Waals surface area contributed by atoms with Crippen LogP contribution in [0.3, 0.4) is 0 Å². The van der Waals surface area contributed by atoms with Crippen LogP contribution in [0.4, 0.5) is 0 Å². The van der Waals surface area contributed by atoms with Gasteiger partial charge in [-0.05, 0) is 10.6 Å². The number of hydrogen-bond acceptors (Lipinski definition) is 0. The van der Waals surface area contributed by atoms with Crippen LogP contribution in [0.1, 0.15) is 0 Å². The molecule has 0 nitrogen and oxygen atoms in total. The molecule has 0 spiro atoms. The van der Waals surface area contributed by atoms with E-state index < -0.39 is 0 Å². The Bertz CT molecular complexity index is 321. The summed E-state index contributed by atoms with van der Waals surface area (Å²) in [5.41, 5.74) is 0. The molecule has 0 saturated carbocycles. The van der Waals surface area contributed by atoms with E-state index in [1.54, 1.807) is 0 Å². The Kier molecular flexibility index (Phi) is 4.90. The van der Waals surface area contributed by atoms with E-state index in [1.807, 2.05) is 0 Å². The number of hydrogen-bond donors (Lipinski definition) is 0. The molecule has 2 radical (unpaired) electrons. The van der Waals surface area contributed by atoms with Crippen molar-refractivity contribution in [1.29, 1.82) is 0 Å². The Balaban J connectivity index is 0.000000980. The van der Waals surface area contributed by atoms with Gasteiger partial charge in [0.15, 0.2) is 0 Å². The standard InChI is InChI=1S/C12H11P.Se/c1-3-7-11(8-4-1)13-12-9-5-2-6-10-12;/h1-10,13H;. The molecule has 70 valence electrons. The van der Waals surface area contributed by atoms with Crippen LogP contribution < -0.4 is 10.6 Å². The van der Waals surface area contributed by atoms with Crippen LogP contribution in [0, 0.1) is 0 Å². The second-order valence-corrected chi connectivity index (χ2v) is 4.26. The second-order valence-electron chi connectivity index (χ2n) is 2.86. The summed E-state index contributed by atoms with van der Waals surface area (Å²) in [5, 5.41) is 2.79. The minimum Gasteiger partial charge on any atom is -0.0622 e. The van der Waals surface area contributed by atoms with Crippen molar-refractivity contribution in [2.24, 2.45) is 0 Å². The molecule has 0 atom stereocenters. The summed E-state index contributed by atoms with van der Waals surface area (Å²) >= 11 is 0. The van der Waals surface area contributed by atoms with Crippen LogP contribution in [0.2, 0.25) is 0 Å². The summed E-state index contributed by atoms with van der Waals surface area (Å²) in [6, 6.07) is 21.2. The normalized spacial score (nSPS) is 9.14. The van der Waals surface area contributed by atoms with Crippen molar-refractivity contribution in [3.63, 3.8) is 0 Å². The molecule has 0 bridgehead atoms. The Hall–Kier alpha value is -0.611. The summed E-state index contributed by atoms with van der Waals surface area (Å²) in [7, 11) is 0.777. The van der Waals surface area contributed by atoms with Gasteiger partial charge in [-0.15, -0.1) is 0 Å². The first-order valence-corrected chi connectivity index (χ1v) is 5.32. The number of benzene rings is 2. The fourth-order valence-electron chi connectivity index (χ4n) is 1.21. The SMILES string of the molecule is [Se].c1ccc(Pc2ccccc2)cc1. The first-order chi connectivity index (χ1) is 6.45. The minimum atomic E-state index is 0. The van der Waals surface area contributed by atoms with Crippen LogP contribution in [-0.2, 0) is 0 Å². The zero-order chi connectivity index (χ0) is 8.93. The zero-order valence-electron chi connectivity index (χ0n) is 7.68. The average Bonchev–Trinajstić information content (AvgIpc) is 2.21. The summed E-state index contributed by atoms with van der Waals surface area (Å²) in [4.78, 5) is 0. The van der Waals surface area contributed by atoms with Gasteiger partial charge in [-0.3, -0.25) is 0 Å². The van der Waals surface area contributed by atoms with Crippen molar-refractivity contribution in [2.75, 3.05) is 0 Å². The third-order valence-corrected chi connectivity index (χ3v) is 3.08. The van der Waals surface area contributed by atoms with Gasteiger partial charge in [0, 0.05) is 17.1 Å². The van der Waals surface area contributed by atoms with Gasteiger partial charge in [0.05, 0.1) is 0 Å². The molecule has 2 aromatic rings. The molecule has 0 fully saturated rings. The first-order valence-electron chi connectivity index (χ1n) is 4.32. The van der Waals surface area contributed by atoms with E-state index in [0.717, 1.165) is 8.58 Å². The maximum Gasteiger partial charge on any atom is 0 e. The van der Waals surface area contributed by atoms with E-state index in [1.165, 1.54) is 10.6 Å². The van der Waals surface area contributed by atoms with E-state index in [-0.39, 0.29) is 17.1 Å². The van der Waals surface area contributed by atoms with Crippen molar-refractivity contribution >= 4 is 36.3 Å². The monoisotopic (exact) mass is 266 g/mol. The van der Waals surface area contributed by atoms with Crippen LogP contribution in [0.25, 0.3) is 0 Å². The van der Waals surface area contributed by atoms with Crippen LogP contribution in [-0.4, -0.2) is 17.1 Å². The minimum absolute atomic E-state index is 0. The van der Waals surface area contributed by atoms with Crippen molar-refractivity contribution in [3.05, 3.63) is 60.7 Å². The Morgan fingerprint density at radius 3 is 1.29 bits per heavy atom. The van der Waals surface area contributed by atoms with Crippen LogP contribution >= 0.6 is 8.58 Å². The maximum atomic E-state index is 2.17.